The summed E-state index contributed by atoms with van der Waals surface area (Å²) in [6.45, 7) is 15.0. The number of carbonyl (C=O) groups is 4. The third kappa shape index (κ3) is 8.83. The first-order valence-corrected chi connectivity index (χ1v) is 13.7. The van der Waals surface area contributed by atoms with E-state index in [-0.39, 0.29) is 25.3 Å². The number of amides is 4. The van der Waals surface area contributed by atoms with Crippen molar-refractivity contribution in [2.75, 3.05) is 11.9 Å². The molecule has 4 N–H and O–H groups in total. The lowest BCUT2D eigenvalue weighted by Gasteiger charge is -2.35. The van der Waals surface area contributed by atoms with Gasteiger partial charge in [0, 0.05) is 18.7 Å². The highest BCUT2D eigenvalue weighted by Crippen LogP contribution is 2.30. The molecule has 4 amide bonds. The predicted octanol–water partition coefficient (Wildman–Crippen LogP) is 5.00. The summed E-state index contributed by atoms with van der Waals surface area (Å²) in [6, 6.07) is 9.26. The number of nitrogens with two attached hydrogens (primary N) is 1. The number of nitrogens with one attached hydrogen (secondary N) is 2. The first kappa shape index (κ1) is 32.3. The fourth-order valence-corrected chi connectivity index (χ4v) is 4.53. The van der Waals surface area contributed by atoms with Gasteiger partial charge < -0.3 is 26.0 Å². The molecular weight excluding hydrogens is 508 g/mol. The quantitative estimate of drug-likeness (QED) is 0.361. The Hall–Kier alpha value is -3.88. The zero-order valence-corrected chi connectivity index (χ0v) is 25.0. The van der Waals surface area contributed by atoms with Crippen LogP contribution in [0.2, 0.25) is 0 Å². The van der Waals surface area contributed by atoms with Gasteiger partial charge >= 0.3 is 6.09 Å². The van der Waals surface area contributed by atoms with Crippen molar-refractivity contribution in [2.45, 2.75) is 92.3 Å². The lowest BCUT2D eigenvalue weighted by Crippen LogP contribution is -2.53. The molecule has 2 rings (SSSR count). The van der Waals surface area contributed by atoms with Gasteiger partial charge in [-0.1, -0.05) is 43.3 Å². The van der Waals surface area contributed by atoms with E-state index in [9.17, 15) is 19.2 Å². The molecule has 0 aliphatic carbocycles. The first-order chi connectivity index (χ1) is 18.7. The maximum atomic E-state index is 14.2. The molecule has 9 nitrogen and oxygen atoms in total. The monoisotopic (exact) mass is 552 g/mol. The van der Waals surface area contributed by atoms with E-state index in [1.807, 2.05) is 71.0 Å². The number of hydrogen-bond acceptors (Lipinski definition) is 5. The second kappa shape index (κ2) is 14.0. The molecule has 0 saturated carbocycles. The highest BCUT2D eigenvalue weighted by Gasteiger charge is 2.37. The molecule has 2 atom stereocenters. The Morgan fingerprint density at radius 3 is 2.08 bits per heavy atom. The number of hydrogen-bond donors (Lipinski definition) is 3. The molecule has 40 heavy (non-hydrogen) atoms. The second-order valence-corrected chi connectivity index (χ2v) is 11.2. The maximum absolute atomic E-state index is 14.2. The molecule has 0 spiro atoms. The Labute approximate surface area is 237 Å². The van der Waals surface area contributed by atoms with Crippen LogP contribution in [0.25, 0.3) is 0 Å². The van der Waals surface area contributed by atoms with Crippen molar-refractivity contribution in [2.24, 2.45) is 5.73 Å². The maximum Gasteiger partial charge on any atom is 0.408 e. The van der Waals surface area contributed by atoms with Crippen LogP contribution in [-0.2, 0) is 19.1 Å². The van der Waals surface area contributed by atoms with Crippen LogP contribution in [0.4, 0.5) is 10.5 Å². The molecule has 0 radical (unpaired) electrons. The van der Waals surface area contributed by atoms with Crippen LogP contribution in [0.1, 0.15) is 80.8 Å². The van der Waals surface area contributed by atoms with Gasteiger partial charge in [0.2, 0.25) is 11.8 Å². The van der Waals surface area contributed by atoms with Gasteiger partial charge in [0.1, 0.15) is 17.7 Å². The van der Waals surface area contributed by atoms with Crippen molar-refractivity contribution in [1.82, 2.24) is 10.2 Å². The number of carbonyl (C=O) groups excluding carboxylic acids is 4. The third-order valence-corrected chi connectivity index (χ3v) is 6.65. The van der Waals surface area contributed by atoms with Crippen molar-refractivity contribution in [3.05, 3.63) is 64.2 Å². The first-order valence-electron chi connectivity index (χ1n) is 13.7. The van der Waals surface area contributed by atoms with Gasteiger partial charge in [-0.25, -0.2) is 4.79 Å². The Balaban J connectivity index is 2.61. The van der Waals surface area contributed by atoms with Crippen LogP contribution in [0.5, 0.6) is 0 Å². The van der Waals surface area contributed by atoms with Crippen LogP contribution in [0.15, 0.2) is 36.4 Å². The van der Waals surface area contributed by atoms with Crippen molar-refractivity contribution < 1.29 is 23.9 Å². The summed E-state index contributed by atoms with van der Waals surface area (Å²) in [6.07, 6.45) is -0.408. The summed E-state index contributed by atoms with van der Waals surface area (Å²) < 4.78 is 5.38. The van der Waals surface area contributed by atoms with Gasteiger partial charge in [-0.05, 0) is 89.1 Å². The van der Waals surface area contributed by atoms with E-state index >= 15 is 0 Å². The minimum Gasteiger partial charge on any atom is -0.444 e. The van der Waals surface area contributed by atoms with E-state index in [0.29, 0.717) is 17.7 Å². The van der Waals surface area contributed by atoms with Gasteiger partial charge in [-0.15, -0.1) is 0 Å². The molecule has 0 aliphatic rings. The summed E-state index contributed by atoms with van der Waals surface area (Å²) in [5.41, 5.74) is 9.60. The zero-order valence-electron chi connectivity index (χ0n) is 25.0. The number of benzene rings is 2. The highest BCUT2D eigenvalue weighted by atomic mass is 16.6. The summed E-state index contributed by atoms with van der Waals surface area (Å²) in [7, 11) is 0. The number of anilines is 1. The van der Waals surface area contributed by atoms with Gasteiger partial charge in [-0.2, -0.15) is 0 Å². The lowest BCUT2D eigenvalue weighted by atomic mass is 9.94. The fraction of sp³-hybridized carbons (Fsp3) is 0.484. The highest BCUT2D eigenvalue weighted by molar-refractivity contribution is 6.00. The topological polar surface area (TPSA) is 131 Å². The number of rotatable bonds is 11. The molecule has 0 heterocycles. The second-order valence-electron chi connectivity index (χ2n) is 11.2. The van der Waals surface area contributed by atoms with E-state index in [1.54, 1.807) is 20.8 Å². The average Bonchev–Trinajstić information content (AvgIpc) is 2.84. The van der Waals surface area contributed by atoms with Crippen LogP contribution < -0.4 is 16.4 Å². The molecule has 0 aliphatic heterocycles. The number of primary amides is 1. The molecule has 0 fully saturated rings. The van der Waals surface area contributed by atoms with Crippen molar-refractivity contribution in [3.8, 4) is 0 Å². The van der Waals surface area contributed by atoms with E-state index in [0.717, 1.165) is 22.3 Å². The summed E-state index contributed by atoms with van der Waals surface area (Å²) in [5.74, 6) is -1.49. The third-order valence-electron chi connectivity index (χ3n) is 6.65. The number of para-hydroxylation sites is 1. The van der Waals surface area contributed by atoms with Crippen molar-refractivity contribution in [1.29, 1.82) is 0 Å². The molecule has 2 unspecified atom stereocenters. The van der Waals surface area contributed by atoms with Crippen molar-refractivity contribution in [3.63, 3.8) is 0 Å². The van der Waals surface area contributed by atoms with Gasteiger partial charge in [-0.3, -0.25) is 14.4 Å². The molecule has 218 valence electrons. The van der Waals surface area contributed by atoms with Crippen LogP contribution >= 0.6 is 0 Å². The Morgan fingerprint density at radius 1 is 0.950 bits per heavy atom. The minimum absolute atomic E-state index is 0.0360. The molecule has 2 aromatic carbocycles. The predicted molar refractivity (Wildman–Crippen MR) is 157 cm³/mol. The number of alkyl carbamates (subject to hydrolysis) is 1. The van der Waals surface area contributed by atoms with Gasteiger partial charge in [0.25, 0.3) is 5.91 Å². The van der Waals surface area contributed by atoms with Gasteiger partial charge in [0.05, 0.1) is 0 Å². The Morgan fingerprint density at radius 2 is 1.52 bits per heavy atom. The molecule has 2 aromatic rings. The standard InChI is InChI=1S/C31H44N4O5/c1-9-18-35(29(38)24(16-17-25(32)36)33-30(39)40-31(6,7)8)27(23-15-11-12-19(2)22(23)5)28(37)34-26-20(3)13-10-14-21(26)4/h10-15,24,27H,9,16-18H2,1-8H3,(H2,32,36)(H,33,39)(H,34,37). The molecule has 0 bridgehead atoms. The Kier molecular flexibility index (Phi) is 11.3. The van der Waals surface area contributed by atoms with E-state index in [2.05, 4.69) is 10.6 Å². The normalized spacial score (nSPS) is 12.7. The molecule has 9 heteroatoms. The number of aryl methyl sites for hydroxylation is 3. The fourth-order valence-electron chi connectivity index (χ4n) is 4.53. The van der Waals surface area contributed by atoms with Gasteiger partial charge in [0.15, 0.2) is 0 Å². The van der Waals surface area contributed by atoms with E-state index in [4.69, 9.17) is 10.5 Å². The summed E-state index contributed by atoms with van der Waals surface area (Å²) in [5, 5.41) is 5.67. The number of ether oxygens (including phenoxy) is 1. The lowest BCUT2D eigenvalue weighted by molar-refractivity contribution is -0.141. The largest absolute Gasteiger partial charge is 0.444 e. The average molecular weight is 553 g/mol. The zero-order chi connectivity index (χ0) is 30.2. The molecular formula is C31H44N4O5. The van der Waals surface area contributed by atoms with Crippen LogP contribution in [0.3, 0.4) is 0 Å². The summed E-state index contributed by atoms with van der Waals surface area (Å²) in [4.78, 5) is 54.1. The van der Waals surface area contributed by atoms with Crippen LogP contribution in [0, 0.1) is 27.7 Å². The van der Waals surface area contributed by atoms with Crippen LogP contribution in [-0.4, -0.2) is 46.9 Å². The van der Waals surface area contributed by atoms with E-state index in [1.165, 1.54) is 4.90 Å². The number of nitrogens with zero attached hydrogens (tertiary/aromatic N) is 1. The summed E-state index contributed by atoms with van der Waals surface area (Å²) >= 11 is 0. The Bertz CT molecular complexity index is 1210. The van der Waals surface area contributed by atoms with E-state index < -0.39 is 35.6 Å². The van der Waals surface area contributed by atoms with Crippen molar-refractivity contribution >= 4 is 29.5 Å². The minimum atomic E-state index is -1.13. The molecule has 0 saturated heterocycles. The molecule has 0 aromatic heterocycles. The smallest absolute Gasteiger partial charge is 0.408 e. The SMILES string of the molecule is CCCN(C(=O)C(CCC(N)=O)NC(=O)OC(C)(C)C)C(C(=O)Nc1c(C)cccc1C)c1cccc(C)c1C.